The Morgan fingerprint density at radius 3 is 2.70 bits per heavy atom. The number of aromatic hydroxyl groups is 1. The molecule has 2 aromatic rings. The molecule has 20 heavy (non-hydrogen) atoms. The van der Waals surface area contributed by atoms with E-state index >= 15 is 0 Å². The summed E-state index contributed by atoms with van der Waals surface area (Å²) in [5.41, 5.74) is 0.752. The zero-order valence-electron chi connectivity index (χ0n) is 10.3. The minimum absolute atomic E-state index is 0.0488. The summed E-state index contributed by atoms with van der Waals surface area (Å²) in [7, 11) is 0. The van der Waals surface area contributed by atoms with Crippen LogP contribution in [0.2, 0.25) is 0 Å². The summed E-state index contributed by atoms with van der Waals surface area (Å²) in [6.45, 7) is 0.356. The number of benzene rings is 1. The second-order valence-electron chi connectivity index (χ2n) is 3.95. The first kappa shape index (κ1) is 13.9. The molecule has 1 aromatic carbocycles. The lowest BCUT2D eigenvalue weighted by molar-refractivity contribution is 0.0694. The Morgan fingerprint density at radius 2 is 2.05 bits per heavy atom. The molecule has 0 spiro atoms. The van der Waals surface area contributed by atoms with E-state index in [1.807, 2.05) is 16.8 Å². The molecule has 2 rings (SSSR count). The van der Waals surface area contributed by atoms with Crippen LogP contribution < -0.4 is 10.6 Å². The number of hydrogen-bond acceptors (Lipinski definition) is 4. The number of thiophene rings is 1. The molecule has 7 heteroatoms. The number of carbonyl (C=O) groups is 2. The highest BCUT2D eigenvalue weighted by Gasteiger charge is 2.14. The average molecular weight is 292 g/mol. The Labute approximate surface area is 118 Å². The van der Waals surface area contributed by atoms with Crippen LogP contribution >= 0.6 is 11.3 Å². The second-order valence-corrected chi connectivity index (χ2v) is 4.73. The van der Waals surface area contributed by atoms with Crippen molar-refractivity contribution < 1.29 is 19.8 Å². The molecule has 0 radical (unpaired) electrons. The maximum absolute atomic E-state index is 11.7. The van der Waals surface area contributed by atoms with Gasteiger partial charge in [0, 0.05) is 6.54 Å². The molecule has 6 nitrogen and oxygen atoms in total. The molecule has 4 N–H and O–H groups in total. The summed E-state index contributed by atoms with van der Waals surface area (Å²) in [6, 6.07) is 5.48. The fourth-order valence-electron chi connectivity index (χ4n) is 1.56. The third-order valence-electron chi connectivity index (χ3n) is 2.55. The normalized spacial score (nSPS) is 10.0. The first-order valence-electron chi connectivity index (χ1n) is 5.69. The van der Waals surface area contributed by atoms with Gasteiger partial charge in [0.2, 0.25) is 0 Å². The lowest BCUT2D eigenvalue weighted by Crippen LogP contribution is -2.28. The number of carbonyl (C=O) groups excluding carboxylic acids is 1. The van der Waals surface area contributed by atoms with Gasteiger partial charge in [0.15, 0.2) is 5.75 Å². The van der Waals surface area contributed by atoms with Gasteiger partial charge in [-0.25, -0.2) is 9.59 Å². The predicted molar refractivity (Wildman–Crippen MR) is 75.2 cm³/mol. The Kier molecular flexibility index (Phi) is 4.21. The molecule has 0 atom stereocenters. The van der Waals surface area contributed by atoms with Crippen LogP contribution in [0.4, 0.5) is 10.5 Å². The Hall–Kier alpha value is -2.54. The number of phenols is 1. The van der Waals surface area contributed by atoms with Crippen molar-refractivity contribution in [3.63, 3.8) is 0 Å². The summed E-state index contributed by atoms with van der Waals surface area (Å²) in [5, 5.41) is 27.4. The molecule has 2 amide bonds. The molecule has 1 aromatic heterocycles. The number of rotatable bonds is 4. The maximum atomic E-state index is 11.7. The summed E-state index contributed by atoms with van der Waals surface area (Å²) < 4.78 is 0. The highest BCUT2D eigenvalue weighted by atomic mass is 32.1. The minimum atomic E-state index is -1.26. The van der Waals surface area contributed by atoms with E-state index in [2.05, 4.69) is 10.6 Å². The van der Waals surface area contributed by atoms with Gasteiger partial charge in [0.25, 0.3) is 0 Å². The zero-order valence-corrected chi connectivity index (χ0v) is 11.1. The fourth-order valence-corrected chi connectivity index (χ4v) is 2.23. The first-order valence-corrected chi connectivity index (χ1v) is 6.63. The van der Waals surface area contributed by atoms with Crippen LogP contribution in [0.3, 0.4) is 0 Å². The third-order valence-corrected chi connectivity index (χ3v) is 3.28. The van der Waals surface area contributed by atoms with E-state index in [0.29, 0.717) is 6.54 Å². The lowest BCUT2D eigenvalue weighted by Gasteiger charge is -2.09. The molecular formula is C13H12N2O4S. The molecule has 0 aliphatic rings. The molecule has 0 saturated carbocycles. The number of aromatic carboxylic acids is 1. The summed E-state index contributed by atoms with van der Waals surface area (Å²) in [4.78, 5) is 22.5. The number of urea groups is 1. The van der Waals surface area contributed by atoms with Crippen molar-refractivity contribution in [3.05, 3.63) is 46.2 Å². The number of carboxylic acids is 1. The molecule has 0 aliphatic heterocycles. The minimum Gasteiger partial charge on any atom is -0.505 e. The summed E-state index contributed by atoms with van der Waals surface area (Å²) in [6.07, 6.45) is 0. The molecular weight excluding hydrogens is 280 g/mol. The van der Waals surface area contributed by atoms with E-state index in [1.165, 1.54) is 29.5 Å². The van der Waals surface area contributed by atoms with Gasteiger partial charge in [-0.05, 0) is 34.5 Å². The van der Waals surface area contributed by atoms with Crippen molar-refractivity contribution in [1.29, 1.82) is 0 Å². The quantitative estimate of drug-likeness (QED) is 0.650. The number of para-hydroxylation sites is 1. The van der Waals surface area contributed by atoms with Gasteiger partial charge in [0.05, 0.1) is 5.69 Å². The van der Waals surface area contributed by atoms with Crippen molar-refractivity contribution >= 4 is 29.0 Å². The van der Waals surface area contributed by atoms with Gasteiger partial charge >= 0.3 is 12.0 Å². The standard InChI is InChI=1S/C13H12N2O4S/c16-11-9(12(17)18)2-1-3-10(11)15-13(19)14-6-8-4-5-20-7-8/h1-5,7,16H,6H2,(H,17,18)(H2,14,15,19). The second kappa shape index (κ2) is 6.07. The Morgan fingerprint density at radius 1 is 1.25 bits per heavy atom. The smallest absolute Gasteiger partial charge is 0.339 e. The largest absolute Gasteiger partial charge is 0.505 e. The van der Waals surface area contributed by atoms with Crippen molar-refractivity contribution in [2.24, 2.45) is 0 Å². The maximum Gasteiger partial charge on any atom is 0.339 e. The molecule has 0 unspecified atom stereocenters. The lowest BCUT2D eigenvalue weighted by atomic mass is 10.1. The number of hydrogen-bond donors (Lipinski definition) is 4. The summed E-state index contributed by atoms with van der Waals surface area (Å²) >= 11 is 1.53. The van der Waals surface area contributed by atoms with Crippen LogP contribution in [-0.4, -0.2) is 22.2 Å². The van der Waals surface area contributed by atoms with Crippen LogP contribution in [0.15, 0.2) is 35.0 Å². The number of nitrogens with one attached hydrogen (secondary N) is 2. The molecule has 1 heterocycles. The third kappa shape index (κ3) is 3.27. The number of amides is 2. The average Bonchev–Trinajstić information content (AvgIpc) is 2.91. The van der Waals surface area contributed by atoms with E-state index < -0.39 is 17.7 Å². The summed E-state index contributed by atoms with van der Waals surface area (Å²) in [5.74, 6) is -1.73. The highest BCUT2D eigenvalue weighted by Crippen LogP contribution is 2.27. The molecule has 0 aliphatic carbocycles. The Balaban J connectivity index is 2.01. The van der Waals surface area contributed by atoms with E-state index in [1.54, 1.807) is 0 Å². The van der Waals surface area contributed by atoms with Gasteiger partial charge in [-0.1, -0.05) is 6.07 Å². The van der Waals surface area contributed by atoms with Crippen molar-refractivity contribution in [3.8, 4) is 5.75 Å². The topological polar surface area (TPSA) is 98.7 Å². The SMILES string of the molecule is O=C(NCc1ccsc1)Nc1cccc(C(=O)O)c1O. The van der Waals surface area contributed by atoms with Crippen molar-refractivity contribution in [2.45, 2.75) is 6.54 Å². The van der Waals surface area contributed by atoms with Crippen molar-refractivity contribution in [2.75, 3.05) is 5.32 Å². The van der Waals surface area contributed by atoms with Crippen LogP contribution in [-0.2, 0) is 6.54 Å². The van der Waals surface area contributed by atoms with E-state index in [0.717, 1.165) is 5.56 Å². The zero-order chi connectivity index (χ0) is 14.5. The highest BCUT2D eigenvalue weighted by molar-refractivity contribution is 7.07. The van der Waals surface area contributed by atoms with E-state index in [9.17, 15) is 14.7 Å². The number of anilines is 1. The number of carboxylic acid groups (broad SMARTS) is 1. The first-order chi connectivity index (χ1) is 9.58. The molecule has 0 bridgehead atoms. The van der Waals surface area contributed by atoms with Crippen LogP contribution in [0.25, 0.3) is 0 Å². The van der Waals surface area contributed by atoms with Crippen LogP contribution in [0, 0.1) is 0 Å². The van der Waals surface area contributed by atoms with Gasteiger partial charge in [-0.2, -0.15) is 11.3 Å². The van der Waals surface area contributed by atoms with Gasteiger partial charge in [-0.3, -0.25) is 0 Å². The van der Waals surface area contributed by atoms with E-state index in [-0.39, 0.29) is 11.3 Å². The van der Waals surface area contributed by atoms with Gasteiger partial charge < -0.3 is 20.8 Å². The predicted octanol–water partition coefficient (Wildman–Crippen LogP) is 2.47. The molecule has 104 valence electrons. The fraction of sp³-hybridized carbons (Fsp3) is 0.0769. The van der Waals surface area contributed by atoms with Crippen LogP contribution in [0.1, 0.15) is 15.9 Å². The van der Waals surface area contributed by atoms with Gasteiger partial charge in [-0.15, -0.1) is 0 Å². The van der Waals surface area contributed by atoms with Crippen molar-refractivity contribution in [1.82, 2.24) is 5.32 Å². The monoisotopic (exact) mass is 292 g/mol. The van der Waals surface area contributed by atoms with Crippen LogP contribution in [0.5, 0.6) is 5.75 Å². The van der Waals surface area contributed by atoms with Gasteiger partial charge in [0.1, 0.15) is 5.56 Å². The Bertz CT molecular complexity index is 625. The molecule has 0 saturated heterocycles. The molecule has 0 fully saturated rings. The van der Waals surface area contributed by atoms with E-state index in [4.69, 9.17) is 5.11 Å².